The van der Waals surface area contributed by atoms with Gasteiger partial charge >= 0.3 is 0 Å². The Labute approximate surface area is 112 Å². The number of aromatic nitrogens is 1. The van der Waals surface area contributed by atoms with Gasteiger partial charge in [-0.1, -0.05) is 6.92 Å². The minimum absolute atomic E-state index is 0.138. The first-order valence-corrected chi connectivity index (χ1v) is 7.18. The Bertz CT molecular complexity index is 431. The van der Waals surface area contributed by atoms with E-state index in [9.17, 15) is 4.79 Å². The number of thiazole rings is 1. The van der Waals surface area contributed by atoms with Gasteiger partial charge in [0.15, 0.2) is 0 Å². The van der Waals surface area contributed by atoms with Gasteiger partial charge < -0.3 is 9.64 Å². The van der Waals surface area contributed by atoms with Gasteiger partial charge in [-0.25, -0.2) is 4.98 Å². The number of carbonyl (C=O) groups is 1. The second kappa shape index (κ2) is 5.80. The van der Waals surface area contributed by atoms with Crippen LogP contribution in [0.3, 0.4) is 0 Å². The number of amides is 1. The number of rotatable bonds is 3. The van der Waals surface area contributed by atoms with Gasteiger partial charge in [0, 0.05) is 20.2 Å². The number of hydrogen-bond donors (Lipinski definition) is 0. The SMILES string of the molecule is COCc1nc(C)c(C(=O)N2CCCC(C)C2)s1. The highest BCUT2D eigenvalue weighted by Crippen LogP contribution is 2.23. The van der Waals surface area contributed by atoms with E-state index in [1.165, 1.54) is 17.8 Å². The lowest BCUT2D eigenvalue weighted by molar-refractivity contribution is 0.0687. The van der Waals surface area contributed by atoms with E-state index >= 15 is 0 Å². The van der Waals surface area contributed by atoms with Crippen molar-refractivity contribution >= 4 is 17.2 Å². The van der Waals surface area contributed by atoms with Crippen molar-refractivity contribution in [1.29, 1.82) is 0 Å². The Balaban J connectivity index is 2.12. The van der Waals surface area contributed by atoms with Gasteiger partial charge in [0.05, 0.1) is 12.3 Å². The van der Waals surface area contributed by atoms with Crippen LogP contribution in [0.2, 0.25) is 0 Å². The first-order valence-electron chi connectivity index (χ1n) is 6.36. The largest absolute Gasteiger partial charge is 0.378 e. The second-order valence-electron chi connectivity index (χ2n) is 4.95. The highest BCUT2D eigenvalue weighted by Gasteiger charge is 2.25. The molecule has 1 aliphatic heterocycles. The lowest BCUT2D eigenvalue weighted by Gasteiger charge is -2.30. The molecule has 0 spiro atoms. The monoisotopic (exact) mass is 268 g/mol. The Morgan fingerprint density at radius 1 is 1.61 bits per heavy atom. The third kappa shape index (κ3) is 2.90. The molecular weight excluding hydrogens is 248 g/mol. The summed E-state index contributed by atoms with van der Waals surface area (Å²) in [4.78, 5) is 19.6. The number of aryl methyl sites for hydroxylation is 1. The highest BCUT2D eigenvalue weighted by molar-refractivity contribution is 7.13. The van der Waals surface area contributed by atoms with E-state index < -0.39 is 0 Å². The van der Waals surface area contributed by atoms with Gasteiger partial charge in [0.2, 0.25) is 0 Å². The van der Waals surface area contributed by atoms with Gasteiger partial charge in [-0.2, -0.15) is 0 Å². The zero-order valence-electron chi connectivity index (χ0n) is 11.2. The average molecular weight is 268 g/mol. The molecule has 0 radical (unpaired) electrons. The topological polar surface area (TPSA) is 42.4 Å². The van der Waals surface area contributed by atoms with Crippen LogP contribution in [-0.4, -0.2) is 36.0 Å². The van der Waals surface area contributed by atoms with Gasteiger partial charge in [0.1, 0.15) is 9.88 Å². The molecule has 0 saturated carbocycles. The maximum Gasteiger partial charge on any atom is 0.265 e. The molecule has 2 rings (SSSR count). The van der Waals surface area contributed by atoms with Crippen LogP contribution < -0.4 is 0 Å². The summed E-state index contributed by atoms with van der Waals surface area (Å²) in [6.07, 6.45) is 2.33. The predicted molar refractivity (Wildman–Crippen MR) is 71.9 cm³/mol. The van der Waals surface area contributed by atoms with Crippen LogP contribution in [0.25, 0.3) is 0 Å². The molecule has 2 heterocycles. The molecule has 18 heavy (non-hydrogen) atoms. The van der Waals surface area contributed by atoms with Gasteiger partial charge in [-0.15, -0.1) is 11.3 Å². The number of ether oxygens (including phenoxy) is 1. The molecule has 1 aromatic heterocycles. The van der Waals surface area contributed by atoms with Crippen molar-refractivity contribution in [2.24, 2.45) is 5.92 Å². The summed E-state index contributed by atoms with van der Waals surface area (Å²) < 4.78 is 5.06. The quantitative estimate of drug-likeness (QED) is 0.845. The zero-order valence-corrected chi connectivity index (χ0v) is 12.0. The van der Waals surface area contributed by atoms with Crippen LogP contribution in [0.1, 0.15) is 40.1 Å². The number of likely N-dealkylation sites (tertiary alicyclic amines) is 1. The van der Waals surface area contributed by atoms with Gasteiger partial charge in [0.25, 0.3) is 5.91 Å². The third-order valence-corrected chi connectivity index (χ3v) is 4.37. The fraction of sp³-hybridized carbons (Fsp3) is 0.692. The minimum Gasteiger partial charge on any atom is -0.378 e. The molecule has 0 aliphatic carbocycles. The summed E-state index contributed by atoms with van der Waals surface area (Å²) in [7, 11) is 1.64. The summed E-state index contributed by atoms with van der Waals surface area (Å²) in [5, 5.41) is 0.878. The van der Waals surface area contributed by atoms with Gasteiger partial charge in [-0.3, -0.25) is 4.79 Å². The average Bonchev–Trinajstić information content (AvgIpc) is 2.70. The molecule has 1 aromatic rings. The predicted octanol–water partition coefficient (Wildman–Crippen LogP) is 2.47. The number of carbonyl (C=O) groups excluding carboxylic acids is 1. The molecule has 100 valence electrons. The van der Waals surface area contributed by atoms with Crippen LogP contribution >= 0.6 is 11.3 Å². The molecule has 1 unspecified atom stereocenters. The van der Waals surface area contributed by atoms with E-state index in [0.29, 0.717) is 12.5 Å². The fourth-order valence-corrected chi connectivity index (χ4v) is 3.36. The maximum atomic E-state index is 12.4. The lowest BCUT2D eigenvalue weighted by atomic mass is 10.0. The molecule has 1 aliphatic rings. The highest BCUT2D eigenvalue weighted by atomic mass is 32.1. The standard InChI is InChI=1S/C13H20N2O2S/c1-9-5-4-6-15(7-9)13(16)12-10(2)14-11(18-12)8-17-3/h9H,4-8H2,1-3H3. The van der Waals surface area contributed by atoms with E-state index in [4.69, 9.17) is 4.74 Å². The molecule has 1 amide bonds. The number of hydrogen-bond acceptors (Lipinski definition) is 4. The van der Waals surface area contributed by atoms with E-state index in [1.54, 1.807) is 7.11 Å². The Hall–Kier alpha value is -0.940. The third-order valence-electron chi connectivity index (χ3n) is 3.25. The first-order chi connectivity index (χ1) is 8.61. The Kier molecular flexibility index (Phi) is 4.35. The summed E-state index contributed by atoms with van der Waals surface area (Å²) in [6.45, 7) is 6.33. The van der Waals surface area contributed by atoms with Crippen molar-refractivity contribution in [1.82, 2.24) is 9.88 Å². The molecular formula is C13H20N2O2S. The molecule has 0 N–H and O–H groups in total. The number of piperidine rings is 1. The van der Waals surface area contributed by atoms with Crippen LogP contribution in [0.15, 0.2) is 0 Å². The normalized spacial score (nSPS) is 20.2. The van der Waals surface area contributed by atoms with Gasteiger partial charge in [-0.05, 0) is 25.7 Å². The molecule has 5 heteroatoms. The lowest BCUT2D eigenvalue weighted by Crippen LogP contribution is -2.39. The Morgan fingerprint density at radius 2 is 2.39 bits per heavy atom. The number of nitrogens with zero attached hydrogens (tertiary/aromatic N) is 2. The summed E-state index contributed by atoms with van der Waals surface area (Å²) in [5.41, 5.74) is 0.829. The van der Waals surface area contributed by atoms with E-state index in [1.807, 2.05) is 11.8 Å². The van der Waals surface area contributed by atoms with Crippen LogP contribution in [0.5, 0.6) is 0 Å². The van der Waals surface area contributed by atoms with E-state index in [0.717, 1.165) is 35.1 Å². The molecule has 1 fully saturated rings. The maximum absolute atomic E-state index is 12.4. The molecule has 0 aromatic carbocycles. The molecule has 1 saturated heterocycles. The number of methoxy groups -OCH3 is 1. The summed E-state index contributed by atoms with van der Waals surface area (Å²) >= 11 is 1.46. The van der Waals surface area contributed by atoms with Crippen molar-refractivity contribution in [3.8, 4) is 0 Å². The second-order valence-corrected chi connectivity index (χ2v) is 6.04. The van der Waals surface area contributed by atoms with Crippen molar-refractivity contribution < 1.29 is 9.53 Å². The molecule has 0 bridgehead atoms. The van der Waals surface area contributed by atoms with Crippen molar-refractivity contribution in [3.05, 3.63) is 15.6 Å². The van der Waals surface area contributed by atoms with E-state index in [-0.39, 0.29) is 5.91 Å². The van der Waals surface area contributed by atoms with Crippen molar-refractivity contribution in [2.75, 3.05) is 20.2 Å². The van der Waals surface area contributed by atoms with Crippen LogP contribution in [0.4, 0.5) is 0 Å². The Morgan fingerprint density at radius 3 is 3.06 bits per heavy atom. The van der Waals surface area contributed by atoms with Crippen molar-refractivity contribution in [2.45, 2.75) is 33.3 Å². The fourth-order valence-electron chi connectivity index (χ4n) is 2.35. The zero-order chi connectivity index (χ0) is 13.1. The van der Waals surface area contributed by atoms with Crippen LogP contribution in [0, 0.1) is 12.8 Å². The molecule has 4 nitrogen and oxygen atoms in total. The summed E-state index contributed by atoms with van der Waals surface area (Å²) in [5.74, 6) is 0.744. The molecule has 1 atom stereocenters. The first kappa shape index (κ1) is 13.5. The van der Waals surface area contributed by atoms with E-state index in [2.05, 4.69) is 11.9 Å². The smallest absolute Gasteiger partial charge is 0.265 e. The van der Waals surface area contributed by atoms with Crippen LogP contribution in [-0.2, 0) is 11.3 Å². The summed E-state index contributed by atoms with van der Waals surface area (Å²) in [6, 6.07) is 0. The minimum atomic E-state index is 0.138. The van der Waals surface area contributed by atoms with Crippen molar-refractivity contribution in [3.63, 3.8) is 0 Å².